The van der Waals surface area contributed by atoms with E-state index in [4.69, 9.17) is 17.3 Å². The number of benzene rings is 2. The van der Waals surface area contributed by atoms with Crippen molar-refractivity contribution in [2.45, 2.75) is 13.1 Å². The number of halogens is 2. The number of hydrogen-bond acceptors (Lipinski definition) is 2. The van der Waals surface area contributed by atoms with Crippen LogP contribution in [0.5, 0.6) is 0 Å². The second kappa shape index (κ2) is 6.50. The largest absolute Gasteiger partial charge is 0.348 e. The van der Waals surface area contributed by atoms with Gasteiger partial charge in [-0.1, -0.05) is 35.9 Å². The number of nitrogens with one attached hydrogen (secondary N) is 1. The molecular weight excluding hydrogens is 279 g/mol. The van der Waals surface area contributed by atoms with E-state index in [0.717, 1.165) is 17.2 Å². The number of carbonyl (C=O) groups is 1. The third-order valence-corrected chi connectivity index (χ3v) is 3.12. The van der Waals surface area contributed by atoms with Gasteiger partial charge in [0.15, 0.2) is 0 Å². The predicted molar refractivity (Wildman–Crippen MR) is 76.9 cm³/mol. The summed E-state index contributed by atoms with van der Waals surface area (Å²) in [6.07, 6.45) is 0. The van der Waals surface area contributed by atoms with Crippen LogP contribution in [0.3, 0.4) is 0 Å². The molecule has 0 aromatic heterocycles. The average molecular weight is 293 g/mol. The van der Waals surface area contributed by atoms with E-state index in [2.05, 4.69) is 5.32 Å². The monoisotopic (exact) mass is 292 g/mol. The molecule has 0 saturated heterocycles. The topological polar surface area (TPSA) is 55.1 Å². The highest BCUT2D eigenvalue weighted by atomic mass is 35.5. The molecule has 2 aromatic rings. The molecule has 0 fully saturated rings. The molecule has 0 spiro atoms. The summed E-state index contributed by atoms with van der Waals surface area (Å²) in [5.74, 6) is -1.10. The van der Waals surface area contributed by atoms with E-state index in [9.17, 15) is 9.18 Å². The van der Waals surface area contributed by atoms with Crippen LogP contribution >= 0.6 is 11.6 Å². The van der Waals surface area contributed by atoms with Crippen molar-refractivity contribution in [3.8, 4) is 0 Å². The number of nitrogens with two attached hydrogens (primary N) is 1. The van der Waals surface area contributed by atoms with Crippen LogP contribution in [0.4, 0.5) is 4.39 Å². The van der Waals surface area contributed by atoms with Crippen molar-refractivity contribution in [3.05, 3.63) is 70.0 Å². The van der Waals surface area contributed by atoms with Crippen molar-refractivity contribution in [1.82, 2.24) is 5.32 Å². The summed E-state index contributed by atoms with van der Waals surface area (Å²) >= 11 is 5.64. The molecule has 0 unspecified atom stereocenters. The van der Waals surface area contributed by atoms with Crippen molar-refractivity contribution in [3.63, 3.8) is 0 Å². The molecule has 0 radical (unpaired) electrons. The summed E-state index contributed by atoms with van der Waals surface area (Å²) in [4.78, 5) is 11.9. The van der Waals surface area contributed by atoms with Gasteiger partial charge in [-0.3, -0.25) is 4.79 Å². The summed E-state index contributed by atoms with van der Waals surface area (Å²) in [6.45, 7) is 0.800. The van der Waals surface area contributed by atoms with E-state index in [1.165, 1.54) is 12.1 Å². The fraction of sp³-hybridized carbons (Fsp3) is 0.133. The Kier molecular flexibility index (Phi) is 4.71. The summed E-state index contributed by atoms with van der Waals surface area (Å²) in [5, 5.41) is 2.92. The van der Waals surface area contributed by atoms with Gasteiger partial charge in [0.25, 0.3) is 5.91 Å². The molecule has 0 aliphatic heterocycles. The zero-order chi connectivity index (χ0) is 14.5. The fourth-order valence-electron chi connectivity index (χ4n) is 1.74. The van der Waals surface area contributed by atoms with Crippen molar-refractivity contribution in [2.75, 3.05) is 0 Å². The minimum Gasteiger partial charge on any atom is -0.348 e. The third-order valence-electron chi connectivity index (χ3n) is 2.89. The number of carbonyl (C=O) groups excluding carboxylic acids is 1. The van der Waals surface area contributed by atoms with Gasteiger partial charge in [0, 0.05) is 18.1 Å². The smallest absolute Gasteiger partial charge is 0.254 e. The lowest BCUT2D eigenvalue weighted by atomic mass is 10.1. The van der Waals surface area contributed by atoms with Gasteiger partial charge < -0.3 is 11.1 Å². The second-order valence-corrected chi connectivity index (χ2v) is 4.76. The molecule has 3 N–H and O–H groups in total. The molecule has 2 rings (SSSR count). The third kappa shape index (κ3) is 3.56. The van der Waals surface area contributed by atoms with Crippen LogP contribution in [-0.2, 0) is 13.1 Å². The summed E-state index contributed by atoms with van der Waals surface area (Å²) in [7, 11) is 0. The van der Waals surface area contributed by atoms with Crippen molar-refractivity contribution < 1.29 is 9.18 Å². The normalized spacial score (nSPS) is 10.3. The Balaban J connectivity index is 2.00. The van der Waals surface area contributed by atoms with Gasteiger partial charge in [-0.15, -0.1) is 0 Å². The fourth-order valence-corrected chi connectivity index (χ4v) is 1.90. The van der Waals surface area contributed by atoms with Crippen LogP contribution in [0.25, 0.3) is 0 Å². The lowest BCUT2D eigenvalue weighted by Crippen LogP contribution is -2.23. The first-order chi connectivity index (χ1) is 9.60. The molecular formula is C15H14ClFN2O. The van der Waals surface area contributed by atoms with Gasteiger partial charge in [0.05, 0.1) is 5.56 Å². The first kappa shape index (κ1) is 14.5. The lowest BCUT2D eigenvalue weighted by Gasteiger charge is -2.07. The van der Waals surface area contributed by atoms with Crippen LogP contribution in [0.2, 0.25) is 5.02 Å². The predicted octanol–water partition coefficient (Wildman–Crippen LogP) is 2.87. The Labute approximate surface area is 121 Å². The highest BCUT2D eigenvalue weighted by Gasteiger charge is 2.11. The zero-order valence-corrected chi connectivity index (χ0v) is 11.5. The number of amides is 1. The summed E-state index contributed by atoms with van der Waals surface area (Å²) in [5.41, 5.74) is 7.42. The molecule has 0 atom stereocenters. The van der Waals surface area contributed by atoms with E-state index in [1.807, 2.05) is 24.3 Å². The van der Waals surface area contributed by atoms with Crippen LogP contribution in [0, 0.1) is 5.82 Å². The van der Waals surface area contributed by atoms with Crippen molar-refractivity contribution in [2.24, 2.45) is 5.73 Å². The minimum atomic E-state index is -0.631. The van der Waals surface area contributed by atoms with E-state index in [-0.39, 0.29) is 10.6 Å². The highest BCUT2D eigenvalue weighted by Crippen LogP contribution is 2.14. The van der Waals surface area contributed by atoms with Crippen LogP contribution in [0.15, 0.2) is 42.5 Å². The summed E-state index contributed by atoms with van der Waals surface area (Å²) < 4.78 is 13.6. The van der Waals surface area contributed by atoms with Gasteiger partial charge in [-0.05, 0) is 29.3 Å². The molecule has 5 heteroatoms. The van der Waals surface area contributed by atoms with E-state index < -0.39 is 11.7 Å². The van der Waals surface area contributed by atoms with Gasteiger partial charge in [0.2, 0.25) is 0 Å². The van der Waals surface area contributed by atoms with Gasteiger partial charge in [0.1, 0.15) is 5.82 Å². The molecule has 20 heavy (non-hydrogen) atoms. The SMILES string of the molecule is NCc1ccc(CNC(=O)c2ccc(Cl)cc2F)cc1. The molecule has 0 aliphatic carbocycles. The second-order valence-electron chi connectivity index (χ2n) is 4.33. The Morgan fingerprint density at radius 1 is 1.15 bits per heavy atom. The maximum absolute atomic E-state index is 13.6. The molecule has 0 bridgehead atoms. The molecule has 0 aliphatic rings. The number of rotatable bonds is 4. The Hall–Kier alpha value is -1.91. The maximum Gasteiger partial charge on any atom is 0.254 e. The first-order valence-corrected chi connectivity index (χ1v) is 6.49. The van der Waals surface area contributed by atoms with Gasteiger partial charge in [-0.2, -0.15) is 0 Å². The Morgan fingerprint density at radius 3 is 2.40 bits per heavy atom. The van der Waals surface area contributed by atoms with E-state index >= 15 is 0 Å². The molecule has 0 heterocycles. The molecule has 1 amide bonds. The quantitative estimate of drug-likeness (QED) is 0.910. The van der Waals surface area contributed by atoms with Crippen LogP contribution in [0.1, 0.15) is 21.5 Å². The minimum absolute atomic E-state index is 0.0204. The summed E-state index contributed by atoms with van der Waals surface area (Å²) in [6, 6.07) is 11.5. The molecule has 3 nitrogen and oxygen atoms in total. The van der Waals surface area contributed by atoms with E-state index in [0.29, 0.717) is 13.1 Å². The van der Waals surface area contributed by atoms with Crippen molar-refractivity contribution >= 4 is 17.5 Å². The molecule has 0 saturated carbocycles. The lowest BCUT2D eigenvalue weighted by molar-refractivity contribution is 0.0947. The van der Waals surface area contributed by atoms with Gasteiger partial charge >= 0.3 is 0 Å². The zero-order valence-electron chi connectivity index (χ0n) is 10.7. The van der Waals surface area contributed by atoms with Crippen LogP contribution < -0.4 is 11.1 Å². The Bertz CT molecular complexity index is 614. The molecule has 2 aromatic carbocycles. The Morgan fingerprint density at radius 2 is 1.80 bits per heavy atom. The van der Waals surface area contributed by atoms with Crippen molar-refractivity contribution in [1.29, 1.82) is 0 Å². The van der Waals surface area contributed by atoms with Crippen LogP contribution in [-0.4, -0.2) is 5.91 Å². The first-order valence-electron chi connectivity index (χ1n) is 6.11. The van der Waals surface area contributed by atoms with E-state index in [1.54, 1.807) is 0 Å². The highest BCUT2D eigenvalue weighted by molar-refractivity contribution is 6.30. The standard InChI is InChI=1S/C15H14ClFN2O/c16-12-5-6-13(14(17)7-12)15(20)19-9-11-3-1-10(8-18)2-4-11/h1-7H,8-9,18H2,(H,19,20). The maximum atomic E-state index is 13.6. The average Bonchev–Trinajstić information content (AvgIpc) is 2.45. The molecule has 104 valence electrons. The number of hydrogen-bond donors (Lipinski definition) is 2. The van der Waals surface area contributed by atoms with Gasteiger partial charge in [-0.25, -0.2) is 4.39 Å².